The van der Waals surface area contributed by atoms with Crippen LogP contribution >= 0.6 is 0 Å². The summed E-state index contributed by atoms with van der Waals surface area (Å²) < 4.78 is 0. The molecule has 1 aliphatic rings. The molecule has 0 aromatic heterocycles. The smallest absolute Gasteiger partial charge is 0.224 e. The second-order valence-electron chi connectivity index (χ2n) is 6.26. The molecule has 0 aliphatic carbocycles. The van der Waals surface area contributed by atoms with Gasteiger partial charge in [0.1, 0.15) is 0 Å². The van der Waals surface area contributed by atoms with E-state index >= 15 is 0 Å². The van der Waals surface area contributed by atoms with E-state index in [1.54, 1.807) is 0 Å². The number of rotatable bonds is 3. The topological polar surface area (TPSA) is 72.4 Å². The Bertz CT molecular complexity index is 272. The molecule has 0 saturated carbocycles. The van der Waals surface area contributed by atoms with Gasteiger partial charge in [0.15, 0.2) is 0 Å². The van der Waals surface area contributed by atoms with Crippen LogP contribution in [0.25, 0.3) is 0 Å². The van der Waals surface area contributed by atoms with Crippen LogP contribution in [-0.4, -0.2) is 36.5 Å². The van der Waals surface area contributed by atoms with E-state index in [2.05, 4.69) is 25.7 Å². The fraction of sp³-hybridized carbons (Fsp3) is 0.917. The zero-order chi connectivity index (χ0) is 12.6. The maximum Gasteiger partial charge on any atom is 0.224 e. The van der Waals surface area contributed by atoms with Gasteiger partial charge in [-0.25, -0.2) is 0 Å². The highest BCUT2D eigenvalue weighted by molar-refractivity contribution is 5.81. The Morgan fingerprint density at radius 2 is 2.06 bits per heavy atom. The molecule has 2 atom stereocenters. The largest absolute Gasteiger partial charge is 0.369 e. The van der Waals surface area contributed by atoms with Crippen molar-refractivity contribution in [3.63, 3.8) is 0 Å². The summed E-state index contributed by atoms with van der Waals surface area (Å²) in [5.41, 5.74) is 11.1. The van der Waals surface area contributed by atoms with Gasteiger partial charge >= 0.3 is 0 Å². The van der Waals surface area contributed by atoms with Gasteiger partial charge in [0.25, 0.3) is 0 Å². The van der Waals surface area contributed by atoms with Crippen molar-refractivity contribution in [2.45, 2.75) is 40.2 Å². The molecular formula is C12H25N3O. The van der Waals surface area contributed by atoms with Gasteiger partial charge in [-0.3, -0.25) is 9.69 Å². The quantitative estimate of drug-likeness (QED) is 0.740. The SMILES string of the molecule is CC1(C(N)=O)CCN(C(CN)C(C)(C)C)C1. The molecule has 0 aromatic rings. The zero-order valence-electron chi connectivity index (χ0n) is 10.9. The number of nitrogens with zero attached hydrogens (tertiary/aromatic N) is 1. The first-order valence-corrected chi connectivity index (χ1v) is 5.95. The van der Waals surface area contributed by atoms with E-state index in [-0.39, 0.29) is 16.7 Å². The van der Waals surface area contributed by atoms with E-state index in [0.717, 1.165) is 19.5 Å². The number of amides is 1. The number of carbonyl (C=O) groups excluding carboxylic acids is 1. The average Bonchev–Trinajstić information content (AvgIpc) is 2.48. The summed E-state index contributed by atoms with van der Waals surface area (Å²) in [6.07, 6.45) is 0.842. The molecule has 2 unspecified atom stereocenters. The minimum absolute atomic E-state index is 0.137. The number of carbonyl (C=O) groups is 1. The molecule has 4 N–H and O–H groups in total. The third kappa shape index (κ3) is 2.55. The van der Waals surface area contributed by atoms with Gasteiger partial charge in [-0.1, -0.05) is 20.8 Å². The van der Waals surface area contributed by atoms with E-state index in [0.29, 0.717) is 12.6 Å². The maximum atomic E-state index is 11.4. The average molecular weight is 227 g/mol. The first-order chi connectivity index (χ1) is 7.20. The molecule has 1 saturated heterocycles. The van der Waals surface area contributed by atoms with Crippen LogP contribution in [-0.2, 0) is 4.79 Å². The molecule has 4 heteroatoms. The Hall–Kier alpha value is -0.610. The highest BCUT2D eigenvalue weighted by Crippen LogP contribution is 2.34. The minimum atomic E-state index is -0.376. The molecule has 0 aromatic carbocycles. The van der Waals surface area contributed by atoms with Gasteiger partial charge in [-0.05, 0) is 25.3 Å². The standard InChI is InChI=1S/C12H25N3O/c1-11(2,3)9(7-13)15-6-5-12(4,8-15)10(14)16/h9H,5-8,13H2,1-4H3,(H2,14,16). The van der Waals surface area contributed by atoms with Crippen molar-refractivity contribution >= 4 is 5.91 Å². The van der Waals surface area contributed by atoms with Crippen LogP contribution in [0.4, 0.5) is 0 Å². The van der Waals surface area contributed by atoms with E-state index in [4.69, 9.17) is 11.5 Å². The van der Waals surface area contributed by atoms with Crippen LogP contribution < -0.4 is 11.5 Å². The number of hydrogen-bond acceptors (Lipinski definition) is 3. The molecule has 1 fully saturated rings. The number of primary amides is 1. The van der Waals surface area contributed by atoms with Crippen LogP contribution in [0.1, 0.15) is 34.1 Å². The van der Waals surface area contributed by atoms with Gasteiger partial charge < -0.3 is 11.5 Å². The van der Waals surface area contributed by atoms with Gasteiger partial charge in [0.05, 0.1) is 5.41 Å². The highest BCUT2D eigenvalue weighted by atomic mass is 16.1. The molecular weight excluding hydrogens is 202 g/mol. The lowest BCUT2D eigenvalue weighted by Crippen LogP contribution is -2.49. The summed E-state index contributed by atoms with van der Waals surface area (Å²) >= 11 is 0. The van der Waals surface area contributed by atoms with E-state index in [1.165, 1.54) is 0 Å². The number of likely N-dealkylation sites (tertiary alicyclic amines) is 1. The van der Waals surface area contributed by atoms with Gasteiger partial charge in [0, 0.05) is 19.1 Å². The monoisotopic (exact) mass is 227 g/mol. The fourth-order valence-corrected chi connectivity index (χ4v) is 2.51. The lowest BCUT2D eigenvalue weighted by molar-refractivity contribution is -0.126. The first-order valence-electron chi connectivity index (χ1n) is 5.95. The molecule has 16 heavy (non-hydrogen) atoms. The molecule has 1 rings (SSSR count). The van der Waals surface area contributed by atoms with Gasteiger partial charge in [-0.15, -0.1) is 0 Å². The summed E-state index contributed by atoms with van der Waals surface area (Å²) in [7, 11) is 0. The third-order valence-electron chi connectivity index (χ3n) is 3.76. The minimum Gasteiger partial charge on any atom is -0.369 e. The van der Waals surface area contributed by atoms with Crippen molar-refractivity contribution in [2.24, 2.45) is 22.3 Å². The second kappa shape index (κ2) is 4.34. The number of nitrogens with two attached hydrogens (primary N) is 2. The lowest BCUT2D eigenvalue weighted by atomic mass is 9.85. The zero-order valence-corrected chi connectivity index (χ0v) is 10.9. The lowest BCUT2D eigenvalue weighted by Gasteiger charge is -2.37. The van der Waals surface area contributed by atoms with Crippen molar-refractivity contribution in [1.29, 1.82) is 0 Å². The predicted octanol–water partition coefficient (Wildman–Crippen LogP) is 0.557. The molecule has 94 valence electrons. The van der Waals surface area contributed by atoms with Crippen LogP contribution in [0.15, 0.2) is 0 Å². The van der Waals surface area contributed by atoms with Crippen LogP contribution in [0.3, 0.4) is 0 Å². The summed E-state index contributed by atoms with van der Waals surface area (Å²) in [6, 6.07) is 0.314. The summed E-state index contributed by atoms with van der Waals surface area (Å²) in [4.78, 5) is 13.7. The van der Waals surface area contributed by atoms with E-state index in [9.17, 15) is 4.79 Å². The Kier molecular flexibility index (Phi) is 3.65. The molecule has 1 aliphatic heterocycles. The number of hydrogen-bond donors (Lipinski definition) is 2. The predicted molar refractivity (Wildman–Crippen MR) is 65.8 cm³/mol. The van der Waals surface area contributed by atoms with Crippen LogP contribution in [0, 0.1) is 10.8 Å². The summed E-state index contributed by atoms with van der Waals surface area (Å²) in [6.45, 7) is 10.8. The third-order valence-corrected chi connectivity index (χ3v) is 3.76. The van der Waals surface area contributed by atoms with Crippen molar-refractivity contribution in [2.75, 3.05) is 19.6 Å². The van der Waals surface area contributed by atoms with Crippen molar-refractivity contribution in [3.05, 3.63) is 0 Å². The Morgan fingerprint density at radius 3 is 2.38 bits per heavy atom. The fourth-order valence-electron chi connectivity index (χ4n) is 2.51. The Labute approximate surface area is 98.3 Å². The normalized spacial score (nSPS) is 29.3. The molecule has 0 radical (unpaired) electrons. The summed E-state index contributed by atoms with van der Waals surface area (Å²) in [5, 5.41) is 0. The van der Waals surface area contributed by atoms with Crippen LogP contribution in [0.2, 0.25) is 0 Å². The van der Waals surface area contributed by atoms with Gasteiger partial charge in [0.2, 0.25) is 5.91 Å². The molecule has 0 bridgehead atoms. The van der Waals surface area contributed by atoms with Crippen molar-refractivity contribution < 1.29 is 4.79 Å². The maximum absolute atomic E-state index is 11.4. The van der Waals surface area contributed by atoms with E-state index < -0.39 is 0 Å². The molecule has 4 nitrogen and oxygen atoms in total. The van der Waals surface area contributed by atoms with E-state index in [1.807, 2.05) is 6.92 Å². The Balaban J connectivity index is 2.75. The van der Waals surface area contributed by atoms with Crippen LogP contribution in [0.5, 0.6) is 0 Å². The second-order valence-corrected chi connectivity index (χ2v) is 6.26. The summed E-state index contributed by atoms with van der Waals surface area (Å²) in [5.74, 6) is -0.195. The highest BCUT2D eigenvalue weighted by Gasteiger charge is 2.43. The molecule has 1 amide bonds. The molecule has 1 heterocycles. The molecule has 0 spiro atoms. The Morgan fingerprint density at radius 1 is 1.50 bits per heavy atom. The van der Waals surface area contributed by atoms with Crippen molar-refractivity contribution in [3.8, 4) is 0 Å². The van der Waals surface area contributed by atoms with Gasteiger partial charge in [-0.2, -0.15) is 0 Å². The van der Waals surface area contributed by atoms with Crippen molar-refractivity contribution in [1.82, 2.24) is 4.90 Å². The first kappa shape index (κ1) is 13.5.